The minimum Gasteiger partial charge on any atom is -0.506 e. The predicted octanol–water partition coefficient (Wildman–Crippen LogP) is 4.04. The first-order valence-corrected chi connectivity index (χ1v) is 9.40. The molecule has 0 bridgehead atoms. The molecule has 0 aliphatic heterocycles. The zero-order chi connectivity index (χ0) is 21.1. The van der Waals surface area contributed by atoms with E-state index in [9.17, 15) is 14.3 Å². The maximum absolute atomic E-state index is 12.9. The molecule has 7 nitrogen and oxygen atoms in total. The Morgan fingerprint density at radius 1 is 1.38 bits per heavy atom. The Hall–Kier alpha value is -2.98. The van der Waals surface area contributed by atoms with Crippen LogP contribution < -0.4 is 20.9 Å². The number of aromatic hydroxyl groups is 1. The fourth-order valence-corrected chi connectivity index (χ4v) is 3.29. The SMILES string of the molecule is COc1c(/C=N/NC(=S)Nc2ccc(F)cc2)c(O)c(Br)c2oc(C)cc(=O)c12. The van der Waals surface area contributed by atoms with Crippen molar-refractivity contribution < 1.29 is 18.7 Å². The van der Waals surface area contributed by atoms with Crippen molar-refractivity contribution in [2.24, 2.45) is 5.10 Å². The number of ether oxygens (including phenoxy) is 1. The number of hydrogen-bond donors (Lipinski definition) is 3. The molecule has 0 radical (unpaired) electrons. The van der Waals surface area contributed by atoms with Crippen molar-refractivity contribution in [1.29, 1.82) is 0 Å². The fraction of sp³-hybridized carbons (Fsp3) is 0.105. The molecular weight excluding hydrogens is 465 g/mol. The van der Waals surface area contributed by atoms with Gasteiger partial charge < -0.3 is 19.6 Å². The quantitative estimate of drug-likeness (QED) is 0.295. The molecule has 0 fully saturated rings. The monoisotopic (exact) mass is 479 g/mol. The summed E-state index contributed by atoms with van der Waals surface area (Å²) < 4.78 is 24.0. The predicted molar refractivity (Wildman–Crippen MR) is 116 cm³/mol. The number of thiocarbonyl (C=S) groups is 1. The van der Waals surface area contributed by atoms with Crippen molar-refractivity contribution in [1.82, 2.24) is 5.43 Å². The van der Waals surface area contributed by atoms with Crippen molar-refractivity contribution in [3.05, 3.63) is 62.2 Å². The van der Waals surface area contributed by atoms with E-state index in [0.29, 0.717) is 11.4 Å². The maximum atomic E-state index is 12.9. The van der Waals surface area contributed by atoms with Crippen molar-refractivity contribution in [2.45, 2.75) is 6.92 Å². The Balaban J connectivity index is 1.91. The fourth-order valence-electron chi connectivity index (χ4n) is 2.63. The Kier molecular flexibility index (Phi) is 6.14. The highest BCUT2D eigenvalue weighted by atomic mass is 79.9. The molecule has 10 heteroatoms. The van der Waals surface area contributed by atoms with Gasteiger partial charge in [0.25, 0.3) is 0 Å². The molecule has 1 heterocycles. The summed E-state index contributed by atoms with van der Waals surface area (Å²) in [7, 11) is 1.37. The number of rotatable bonds is 4. The number of aryl methyl sites for hydroxylation is 1. The molecule has 1 aromatic heterocycles. The third-order valence-corrected chi connectivity index (χ3v) is 4.80. The van der Waals surface area contributed by atoms with Crippen LogP contribution in [0.15, 0.2) is 49.1 Å². The minimum absolute atomic E-state index is 0.109. The molecule has 0 spiro atoms. The van der Waals surface area contributed by atoms with Gasteiger partial charge in [-0.2, -0.15) is 5.10 Å². The van der Waals surface area contributed by atoms with Gasteiger partial charge in [0.1, 0.15) is 32.9 Å². The number of methoxy groups -OCH3 is 1. The standard InChI is InChI=1S/C19H15BrFN3O4S/c1-9-7-13(25)14-17(27-2)12(16(26)15(20)18(14)28-9)8-22-24-19(29)23-11-5-3-10(21)4-6-11/h3-8,26H,1-2H3,(H2,23,24,29)/b22-8+. The van der Waals surface area contributed by atoms with Gasteiger partial charge in [0.15, 0.2) is 16.1 Å². The van der Waals surface area contributed by atoms with E-state index in [2.05, 4.69) is 31.8 Å². The van der Waals surface area contributed by atoms with Crippen LogP contribution in [0, 0.1) is 12.7 Å². The first kappa shape index (κ1) is 20.7. The van der Waals surface area contributed by atoms with Crippen molar-refractivity contribution in [2.75, 3.05) is 12.4 Å². The number of nitrogens with zero attached hydrogens (tertiary/aromatic N) is 1. The van der Waals surface area contributed by atoms with Gasteiger partial charge in [-0.15, -0.1) is 0 Å². The highest BCUT2D eigenvalue weighted by Gasteiger charge is 2.22. The van der Waals surface area contributed by atoms with Gasteiger partial charge in [0, 0.05) is 11.8 Å². The molecule has 2 aromatic carbocycles. The molecule has 0 saturated heterocycles. The summed E-state index contributed by atoms with van der Waals surface area (Å²) >= 11 is 8.36. The summed E-state index contributed by atoms with van der Waals surface area (Å²) in [5.41, 5.74) is 3.15. The first-order valence-electron chi connectivity index (χ1n) is 8.20. The molecule has 0 atom stereocenters. The number of phenols is 1. The zero-order valence-electron chi connectivity index (χ0n) is 15.2. The van der Waals surface area contributed by atoms with E-state index in [4.69, 9.17) is 21.4 Å². The minimum atomic E-state index is -0.364. The molecule has 150 valence electrons. The number of benzene rings is 2. The van der Waals surface area contributed by atoms with E-state index in [-0.39, 0.29) is 48.9 Å². The molecule has 3 N–H and O–H groups in total. The average Bonchev–Trinajstić information content (AvgIpc) is 2.68. The van der Waals surface area contributed by atoms with E-state index < -0.39 is 0 Å². The summed E-state index contributed by atoms with van der Waals surface area (Å²) in [6, 6.07) is 6.94. The highest BCUT2D eigenvalue weighted by Crippen LogP contribution is 2.41. The second kappa shape index (κ2) is 8.58. The zero-order valence-corrected chi connectivity index (χ0v) is 17.6. The molecule has 0 aliphatic rings. The number of halogens is 2. The molecule has 3 rings (SSSR count). The number of anilines is 1. The maximum Gasteiger partial charge on any atom is 0.196 e. The number of phenolic OH excluding ortho intramolecular Hbond substituents is 1. The number of fused-ring (bicyclic) bond motifs is 1. The van der Waals surface area contributed by atoms with E-state index in [0.717, 1.165) is 0 Å². The van der Waals surface area contributed by atoms with Crippen molar-refractivity contribution in [3.8, 4) is 11.5 Å². The Labute approximate surface area is 178 Å². The van der Waals surface area contributed by atoms with Crippen LogP contribution in [0.2, 0.25) is 0 Å². The summed E-state index contributed by atoms with van der Waals surface area (Å²) in [6.07, 6.45) is 1.26. The third-order valence-electron chi connectivity index (χ3n) is 3.87. The van der Waals surface area contributed by atoms with Crippen LogP contribution in [0.1, 0.15) is 11.3 Å². The lowest BCUT2D eigenvalue weighted by Crippen LogP contribution is -2.23. The summed E-state index contributed by atoms with van der Waals surface area (Å²) in [5, 5.41) is 17.6. The van der Waals surface area contributed by atoms with Crippen LogP contribution >= 0.6 is 28.1 Å². The van der Waals surface area contributed by atoms with Crippen LogP contribution in [-0.2, 0) is 0 Å². The van der Waals surface area contributed by atoms with Gasteiger partial charge in [-0.3, -0.25) is 10.2 Å². The van der Waals surface area contributed by atoms with Crippen LogP contribution in [0.25, 0.3) is 11.0 Å². The first-order chi connectivity index (χ1) is 13.8. The lowest BCUT2D eigenvalue weighted by Gasteiger charge is -2.12. The molecule has 29 heavy (non-hydrogen) atoms. The molecule has 0 aliphatic carbocycles. The molecule has 0 unspecified atom stereocenters. The summed E-state index contributed by atoms with van der Waals surface area (Å²) in [5.74, 6) is -0.0787. The number of hydrogen-bond acceptors (Lipinski definition) is 6. The molecule has 3 aromatic rings. The second-order valence-corrected chi connectivity index (χ2v) is 7.07. The van der Waals surface area contributed by atoms with Crippen LogP contribution in [0.3, 0.4) is 0 Å². The van der Waals surface area contributed by atoms with E-state index in [1.165, 1.54) is 43.7 Å². The number of nitrogens with one attached hydrogen (secondary N) is 2. The van der Waals surface area contributed by atoms with Gasteiger partial charge in [-0.25, -0.2) is 4.39 Å². The largest absolute Gasteiger partial charge is 0.506 e. The average molecular weight is 480 g/mol. The van der Waals surface area contributed by atoms with Gasteiger partial charge >= 0.3 is 0 Å². The number of hydrazone groups is 1. The summed E-state index contributed by atoms with van der Waals surface area (Å²) in [4.78, 5) is 12.4. The van der Waals surface area contributed by atoms with E-state index in [1.807, 2.05) is 0 Å². The Morgan fingerprint density at radius 3 is 2.72 bits per heavy atom. The van der Waals surface area contributed by atoms with Gasteiger partial charge in [-0.1, -0.05) is 0 Å². The van der Waals surface area contributed by atoms with Crippen molar-refractivity contribution >= 4 is 56.1 Å². The third kappa shape index (κ3) is 4.38. The lowest BCUT2D eigenvalue weighted by molar-refractivity contribution is 0.409. The van der Waals surface area contributed by atoms with Crippen LogP contribution in [-0.4, -0.2) is 23.5 Å². The highest BCUT2D eigenvalue weighted by molar-refractivity contribution is 9.10. The van der Waals surface area contributed by atoms with E-state index in [1.54, 1.807) is 6.92 Å². The topological polar surface area (TPSA) is 96.1 Å². The smallest absolute Gasteiger partial charge is 0.196 e. The van der Waals surface area contributed by atoms with Crippen LogP contribution in [0.4, 0.5) is 10.1 Å². The molecule has 0 amide bonds. The lowest BCUT2D eigenvalue weighted by atomic mass is 10.1. The molecular formula is C19H15BrFN3O4S. The summed E-state index contributed by atoms with van der Waals surface area (Å²) in [6.45, 7) is 1.63. The van der Waals surface area contributed by atoms with Crippen LogP contribution in [0.5, 0.6) is 11.5 Å². The second-order valence-electron chi connectivity index (χ2n) is 5.87. The van der Waals surface area contributed by atoms with Gasteiger partial charge in [0.05, 0.1) is 18.9 Å². The Morgan fingerprint density at radius 2 is 2.07 bits per heavy atom. The van der Waals surface area contributed by atoms with E-state index >= 15 is 0 Å². The van der Waals surface area contributed by atoms with Crippen molar-refractivity contribution in [3.63, 3.8) is 0 Å². The Bertz CT molecular complexity index is 1180. The normalized spacial score (nSPS) is 11.0. The van der Waals surface area contributed by atoms with Gasteiger partial charge in [0.2, 0.25) is 0 Å². The molecule has 0 saturated carbocycles. The van der Waals surface area contributed by atoms with Gasteiger partial charge in [-0.05, 0) is 59.3 Å².